The Balaban J connectivity index is 1.53. The van der Waals surface area contributed by atoms with Crippen molar-refractivity contribution in [3.8, 4) is 5.75 Å². The monoisotopic (exact) mass is 390 g/mol. The van der Waals surface area contributed by atoms with E-state index in [9.17, 15) is 9.18 Å². The highest BCUT2D eigenvalue weighted by Crippen LogP contribution is 2.38. The molecule has 0 radical (unpaired) electrons. The molecular weight excluding hydrogens is 367 g/mol. The molecule has 1 N–H and O–H groups in total. The summed E-state index contributed by atoms with van der Waals surface area (Å²) >= 11 is 0. The molecule has 3 aromatic rings. The first-order valence-corrected chi connectivity index (χ1v) is 9.73. The number of nitrogens with one attached hydrogen (secondary N) is 1. The van der Waals surface area contributed by atoms with Crippen molar-refractivity contribution in [3.63, 3.8) is 0 Å². The predicted octanol–water partition coefficient (Wildman–Crippen LogP) is 5.18. The van der Waals surface area contributed by atoms with Gasteiger partial charge in [0.1, 0.15) is 11.6 Å². The van der Waals surface area contributed by atoms with E-state index in [2.05, 4.69) is 11.4 Å². The second-order valence-corrected chi connectivity index (χ2v) is 7.21. The maximum absolute atomic E-state index is 13.0. The fourth-order valence-electron chi connectivity index (χ4n) is 3.81. The minimum absolute atomic E-state index is 0.00966. The molecule has 0 bridgehead atoms. The summed E-state index contributed by atoms with van der Waals surface area (Å²) in [6.45, 7) is 1.95. The van der Waals surface area contributed by atoms with Gasteiger partial charge < -0.3 is 15.0 Å². The highest BCUT2D eigenvalue weighted by Gasteiger charge is 2.33. The second kappa shape index (κ2) is 8.35. The summed E-state index contributed by atoms with van der Waals surface area (Å²) in [4.78, 5) is 14.8. The van der Waals surface area contributed by atoms with Gasteiger partial charge in [-0.15, -0.1) is 0 Å². The van der Waals surface area contributed by atoms with Gasteiger partial charge in [0.25, 0.3) is 5.91 Å². The van der Waals surface area contributed by atoms with Crippen molar-refractivity contribution in [2.75, 3.05) is 16.8 Å². The Morgan fingerprint density at radius 2 is 1.72 bits per heavy atom. The van der Waals surface area contributed by atoms with Gasteiger partial charge in [0.15, 0.2) is 6.61 Å². The van der Waals surface area contributed by atoms with Crippen molar-refractivity contribution in [1.82, 2.24) is 0 Å². The Morgan fingerprint density at radius 1 is 1.03 bits per heavy atom. The van der Waals surface area contributed by atoms with E-state index in [0.29, 0.717) is 5.75 Å². The van der Waals surface area contributed by atoms with Crippen molar-refractivity contribution >= 4 is 17.3 Å². The predicted molar refractivity (Wildman–Crippen MR) is 113 cm³/mol. The number of nitrogens with zero attached hydrogens (tertiary/aromatic N) is 1. The molecule has 1 amide bonds. The standard InChI is InChI=1S/C24H23FN2O2/c1-17-15-22(26-19-7-3-2-4-8-19)21-9-5-6-10-23(21)27(17)24(28)16-29-20-13-11-18(25)12-14-20/h2-14,17,22,26H,15-16H2,1H3/t17-,22+/m1/s1. The van der Waals surface area contributed by atoms with Crippen LogP contribution in [0.15, 0.2) is 78.9 Å². The smallest absolute Gasteiger partial charge is 0.265 e. The van der Waals surface area contributed by atoms with Crippen LogP contribution in [0.4, 0.5) is 15.8 Å². The Morgan fingerprint density at radius 3 is 2.48 bits per heavy atom. The van der Waals surface area contributed by atoms with E-state index in [-0.39, 0.29) is 30.4 Å². The number of halogens is 1. The third kappa shape index (κ3) is 4.24. The molecule has 0 spiro atoms. The molecule has 1 heterocycles. The lowest BCUT2D eigenvalue weighted by atomic mass is 9.91. The quantitative estimate of drug-likeness (QED) is 0.652. The number of fused-ring (bicyclic) bond motifs is 1. The number of rotatable bonds is 5. The van der Waals surface area contributed by atoms with E-state index < -0.39 is 0 Å². The number of anilines is 2. The minimum Gasteiger partial charge on any atom is -0.484 e. The van der Waals surface area contributed by atoms with Crippen molar-refractivity contribution in [1.29, 1.82) is 0 Å². The van der Waals surface area contributed by atoms with E-state index in [4.69, 9.17) is 4.74 Å². The number of para-hydroxylation sites is 2. The summed E-state index contributed by atoms with van der Waals surface area (Å²) in [6.07, 6.45) is 0.786. The summed E-state index contributed by atoms with van der Waals surface area (Å²) in [5.74, 6) is 0.0213. The fraction of sp³-hybridized carbons (Fsp3) is 0.208. The lowest BCUT2D eigenvalue weighted by Gasteiger charge is -2.40. The molecule has 5 heteroatoms. The van der Waals surface area contributed by atoms with Crippen LogP contribution in [0.1, 0.15) is 24.9 Å². The van der Waals surface area contributed by atoms with Crippen LogP contribution >= 0.6 is 0 Å². The molecule has 148 valence electrons. The third-order valence-electron chi connectivity index (χ3n) is 5.15. The van der Waals surface area contributed by atoms with Crippen LogP contribution in [0.3, 0.4) is 0 Å². The average molecular weight is 390 g/mol. The molecule has 4 nitrogen and oxygen atoms in total. The first kappa shape index (κ1) is 19.0. The summed E-state index contributed by atoms with van der Waals surface area (Å²) in [7, 11) is 0. The molecule has 0 aromatic heterocycles. The van der Waals surface area contributed by atoms with Gasteiger partial charge in [-0.3, -0.25) is 4.79 Å². The molecule has 0 fully saturated rings. The molecule has 0 aliphatic carbocycles. The number of amides is 1. The van der Waals surface area contributed by atoms with Crippen LogP contribution in [0, 0.1) is 5.82 Å². The third-order valence-corrected chi connectivity index (χ3v) is 5.15. The maximum Gasteiger partial charge on any atom is 0.265 e. The maximum atomic E-state index is 13.0. The lowest BCUT2D eigenvalue weighted by Crippen LogP contribution is -2.46. The highest BCUT2D eigenvalue weighted by molar-refractivity contribution is 5.96. The van der Waals surface area contributed by atoms with Gasteiger partial charge >= 0.3 is 0 Å². The minimum atomic E-state index is -0.334. The fourth-order valence-corrected chi connectivity index (χ4v) is 3.81. The van der Waals surface area contributed by atoms with Gasteiger partial charge in [0.05, 0.1) is 6.04 Å². The van der Waals surface area contributed by atoms with E-state index in [1.54, 1.807) is 0 Å². The summed E-state index contributed by atoms with van der Waals surface area (Å²) in [5.41, 5.74) is 3.04. The van der Waals surface area contributed by atoms with E-state index in [1.807, 2.05) is 60.4 Å². The zero-order valence-corrected chi connectivity index (χ0v) is 16.2. The van der Waals surface area contributed by atoms with Gasteiger partial charge in [0, 0.05) is 17.4 Å². The highest BCUT2D eigenvalue weighted by atomic mass is 19.1. The summed E-state index contributed by atoms with van der Waals surface area (Å²) in [6, 6.07) is 23.9. The van der Waals surface area contributed by atoms with E-state index in [1.165, 1.54) is 24.3 Å². The molecule has 0 saturated carbocycles. The molecule has 0 saturated heterocycles. The van der Waals surface area contributed by atoms with Crippen molar-refractivity contribution in [2.45, 2.75) is 25.4 Å². The Kier molecular flexibility index (Phi) is 5.47. The zero-order valence-electron chi connectivity index (χ0n) is 16.2. The van der Waals surface area contributed by atoms with Crippen LogP contribution in [0.2, 0.25) is 0 Å². The second-order valence-electron chi connectivity index (χ2n) is 7.21. The SMILES string of the molecule is C[C@@H]1C[C@H](Nc2ccccc2)c2ccccc2N1C(=O)COc1ccc(F)cc1. The number of hydrogen-bond acceptors (Lipinski definition) is 3. The number of carbonyl (C=O) groups is 1. The number of hydrogen-bond donors (Lipinski definition) is 1. The van der Waals surface area contributed by atoms with Crippen LogP contribution in [0.5, 0.6) is 5.75 Å². The molecule has 1 aliphatic heterocycles. The van der Waals surface area contributed by atoms with Crippen LogP contribution in [0.25, 0.3) is 0 Å². The van der Waals surface area contributed by atoms with Crippen molar-refractivity contribution in [3.05, 3.63) is 90.2 Å². The topological polar surface area (TPSA) is 41.6 Å². The molecule has 3 aromatic carbocycles. The van der Waals surface area contributed by atoms with Gasteiger partial charge in [-0.25, -0.2) is 4.39 Å². The van der Waals surface area contributed by atoms with Crippen LogP contribution in [-0.4, -0.2) is 18.6 Å². The number of ether oxygens (including phenoxy) is 1. The van der Waals surface area contributed by atoms with Gasteiger partial charge in [-0.2, -0.15) is 0 Å². The average Bonchev–Trinajstić information content (AvgIpc) is 2.74. The van der Waals surface area contributed by atoms with E-state index in [0.717, 1.165) is 23.4 Å². The molecule has 1 aliphatic rings. The first-order valence-electron chi connectivity index (χ1n) is 9.73. The number of benzene rings is 3. The first-order chi connectivity index (χ1) is 14.1. The van der Waals surface area contributed by atoms with Crippen LogP contribution < -0.4 is 15.0 Å². The Hall–Kier alpha value is -3.34. The zero-order chi connectivity index (χ0) is 20.2. The van der Waals surface area contributed by atoms with Crippen LogP contribution in [-0.2, 0) is 4.79 Å². The lowest BCUT2D eigenvalue weighted by molar-refractivity contribution is -0.121. The van der Waals surface area contributed by atoms with Gasteiger partial charge in [-0.1, -0.05) is 36.4 Å². The largest absolute Gasteiger partial charge is 0.484 e. The normalized spacial score (nSPS) is 18.1. The molecule has 29 heavy (non-hydrogen) atoms. The van der Waals surface area contributed by atoms with E-state index >= 15 is 0 Å². The molecule has 0 unspecified atom stereocenters. The van der Waals surface area contributed by atoms with Gasteiger partial charge in [-0.05, 0) is 61.4 Å². The Labute approximate surface area is 169 Å². The summed E-state index contributed by atoms with van der Waals surface area (Å²) < 4.78 is 18.6. The molecular formula is C24H23FN2O2. The van der Waals surface area contributed by atoms with Crippen molar-refractivity contribution < 1.29 is 13.9 Å². The Bertz CT molecular complexity index is 976. The molecule has 2 atom stereocenters. The molecule has 4 rings (SSSR count). The van der Waals surface area contributed by atoms with Crippen molar-refractivity contribution in [2.24, 2.45) is 0 Å². The number of carbonyl (C=O) groups excluding carboxylic acids is 1. The summed E-state index contributed by atoms with van der Waals surface area (Å²) in [5, 5.41) is 3.59. The van der Waals surface area contributed by atoms with Gasteiger partial charge in [0.2, 0.25) is 0 Å².